The predicted molar refractivity (Wildman–Crippen MR) is 125 cm³/mol. The van der Waals surface area contributed by atoms with Crippen LogP contribution in [-0.2, 0) is 19.7 Å². The van der Waals surface area contributed by atoms with Crippen LogP contribution in [0.15, 0.2) is 24.3 Å². The van der Waals surface area contributed by atoms with E-state index in [1.807, 2.05) is 72.7 Å². The van der Waals surface area contributed by atoms with E-state index in [-0.39, 0.29) is 18.5 Å². The molecule has 1 aliphatic heterocycles. The van der Waals surface area contributed by atoms with Crippen molar-refractivity contribution in [2.45, 2.75) is 77.9 Å². The predicted octanol–water partition coefficient (Wildman–Crippen LogP) is 4.65. The van der Waals surface area contributed by atoms with Crippen molar-refractivity contribution in [3.05, 3.63) is 29.8 Å². The highest BCUT2D eigenvalue weighted by atomic mass is 16.6. The van der Waals surface area contributed by atoms with Gasteiger partial charge in [0.2, 0.25) is 0 Å². The second-order valence-corrected chi connectivity index (χ2v) is 10.5. The van der Waals surface area contributed by atoms with Gasteiger partial charge in [0.05, 0.1) is 11.5 Å². The summed E-state index contributed by atoms with van der Waals surface area (Å²) in [5.74, 6) is -0.293. The molecule has 0 spiro atoms. The van der Waals surface area contributed by atoms with E-state index in [9.17, 15) is 14.9 Å². The Labute approximate surface area is 192 Å². The summed E-state index contributed by atoms with van der Waals surface area (Å²) in [5.41, 5.74) is 0.117. The molecule has 7 heteroatoms. The van der Waals surface area contributed by atoms with E-state index in [2.05, 4.69) is 11.0 Å². The standard InChI is InChI=1S/C25H37N3O4/c1-23(2,3)31-21(29)12-13-25(7,18-26)19-8-10-20(11-9-19)27-14-16-28(17-15-27)22(30)32-24(4,5)6/h8-11H,12-17H2,1-7H3. The van der Waals surface area contributed by atoms with E-state index in [1.165, 1.54) is 0 Å². The molecule has 7 nitrogen and oxygen atoms in total. The number of piperazine rings is 1. The summed E-state index contributed by atoms with van der Waals surface area (Å²) in [6, 6.07) is 10.3. The molecule has 1 aliphatic rings. The van der Waals surface area contributed by atoms with Gasteiger partial charge in [-0.25, -0.2) is 4.79 Å². The highest BCUT2D eigenvalue weighted by Gasteiger charge is 2.30. The quantitative estimate of drug-likeness (QED) is 0.616. The van der Waals surface area contributed by atoms with Crippen molar-refractivity contribution in [3.8, 4) is 6.07 Å². The zero-order valence-corrected chi connectivity index (χ0v) is 20.5. The minimum absolute atomic E-state index is 0.190. The maximum absolute atomic E-state index is 12.3. The molecule has 0 bridgehead atoms. The summed E-state index contributed by atoms with van der Waals surface area (Å²) >= 11 is 0. The van der Waals surface area contributed by atoms with E-state index in [0.29, 0.717) is 32.6 Å². The van der Waals surface area contributed by atoms with Gasteiger partial charge in [0, 0.05) is 38.3 Å². The van der Waals surface area contributed by atoms with Gasteiger partial charge in [-0.05, 0) is 72.6 Å². The van der Waals surface area contributed by atoms with Crippen molar-refractivity contribution in [1.82, 2.24) is 4.90 Å². The van der Waals surface area contributed by atoms with Crippen molar-refractivity contribution in [2.75, 3.05) is 31.1 Å². The fourth-order valence-corrected chi connectivity index (χ4v) is 3.52. The Kier molecular flexibility index (Phi) is 7.82. The Balaban J connectivity index is 1.96. The van der Waals surface area contributed by atoms with Crippen LogP contribution in [0.5, 0.6) is 0 Å². The molecule has 176 valence electrons. The second kappa shape index (κ2) is 9.81. The van der Waals surface area contributed by atoms with Crippen molar-refractivity contribution in [3.63, 3.8) is 0 Å². The number of carbonyl (C=O) groups is 2. The third-order valence-electron chi connectivity index (χ3n) is 5.30. The summed E-state index contributed by atoms with van der Waals surface area (Å²) in [4.78, 5) is 28.3. The zero-order valence-electron chi connectivity index (χ0n) is 20.5. The number of hydrogen-bond donors (Lipinski definition) is 0. The van der Waals surface area contributed by atoms with E-state index < -0.39 is 16.6 Å². The molecule has 0 aromatic heterocycles. The lowest BCUT2D eigenvalue weighted by Gasteiger charge is -2.37. The van der Waals surface area contributed by atoms with Gasteiger partial charge in [0.1, 0.15) is 11.2 Å². The Bertz CT molecular complexity index is 838. The summed E-state index contributed by atoms with van der Waals surface area (Å²) in [7, 11) is 0. The van der Waals surface area contributed by atoms with Crippen molar-refractivity contribution in [1.29, 1.82) is 5.26 Å². The third kappa shape index (κ3) is 7.44. The SMILES string of the molecule is CC(C)(C)OC(=O)CCC(C)(C#N)c1ccc(N2CCN(C(=O)OC(C)(C)C)CC2)cc1. The van der Waals surface area contributed by atoms with Crippen LogP contribution in [-0.4, -0.2) is 54.3 Å². The molecule has 0 aliphatic carbocycles. The van der Waals surface area contributed by atoms with Gasteiger partial charge >= 0.3 is 12.1 Å². The molecule has 1 amide bonds. The number of rotatable bonds is 5. The molecular formula is C25H37N3O4. The molecule has 0 N–H and O–H groups in total. The molecule has 0 radical (unpaired) electrons. The first kappa shape index (κ1) is 25.5. The molecule has 1 fully saturated rings. The number of carbonyl (C=O) groups excluding carboxylic acids is 2. The summed E-state index contributed by atoms with van der Waals surface area (Å²) < 4.78 is 10.8. The van der Waals surface area contributed by atoms with Crippen molar-refractivity contribution in [2.24, 2.45) is 0 Å². The van der Waals surface area contributed by atoms with Gasteiger partial charge in [-0.2, -0.15) is 5.26 Å². The summed E-state index contributed by atoms with van der Waals surface area (Å²) in [6.45, 7) is 15.6. The van der Waals surface area contributed by atoms with Crippen LogP contribution in [0.4, 0.5) is 10.5 Å². The Morgan fingerprint density at radius 2 is 1.44 bits per heavy atom. The van der Waals surface area contributed by atoms with Gasteiger partial charge in [-0.15, -0.1) is 0 Å². The lowest BCUT2D eigenvalue weighted by molar-refractivity contribution is -0.155. The van der Waals surface area contributed by atoms with E-state index in [0.717, 1.165) is 11.3 Å². The minimum Gasteiger partial charge on any atom is -0.460 e. The normalized spacial score (nSPS) is 16.7. The van der Waals surface area contributed by atoms with Crippen LogP contribution < -0.4 is 4.90 Å². The first-order valence-electron chi connectivity index (χ1n) is 11.2. The maximum atomic E-state index is 12.3. The number of hydrogen-bond acceptors (Lipinski definition) is 6. The molecule has 32 heavy (non-hydrogen) atoms. The van der Waals surface area contributed by atoms with E-state index in [1.54, 1.807) is 4.90 Å². The second-order valence-electron chi connectivity index (χ2n) is 10.5. The van der Waals surface area contributed by atoms with Crippen LogP contribution in [0, 0.1) is 11.3 Å². The Morgan fingerprint density at radius 3 is 1.91 bits per heavy atom. The molecule has 1 heterocycles. The average molecular weight is 444 g/mol. The number of esters is 1. The van der Waals surface area contributed by atoms with Crippen LogP contribution in [0.2, 0.25) is 0 Å². The van der Waals surface area contributed by atoms with Crippen molar-refractivity contribution < 1.29 is 19.1 Å². The number of nitrogens with zero attached hydrogens (tertiary/aromatic N) is 3. The molecular weight excluding hydrogens is 406 g/mol. The largest absolute Gasteiger partial charge is 0.460 e. The van der Waals surface area contributed by atoms with Gasteiger partial charge in [0.25, 0.3) is 0 Å². The summed E-state index contributed by atoms with van der Waals surface area (Å²) in [6.07, 6.45) is 0.310. The number of amides is 1. The fourth-order valence-electron chi connectivity index (χ4n) is 3.52. The molecule has 1 aromatic carbocycles. The van der Waals surface area contributed by atoms with Crippen LogP contribution >= 0.6 is 0 Å². The third-order valence-corrected chi connectivity index (χ3v) is 5.30. The molecule has 2 rings (SSSR count). The Hall–Kier alpha value is -2.75. The van der Waals surface area contributed by atoms with Gasteiger partial charge < -0.3 is 19.3 Å². The van der Waals surface area contributed by atoms with E-state index >= 15 is 0 Å². The number of ether oxygens (including phenoxy) is 2. The zero-order chi connectivity index (χ0) is 24.2. The number of anilines is 1. The number of nitriles is 1. The van der Waals surface area contributed by atoms with Crippen LogP contribution in [0.3, 0.4) is 0 Å². The maximum Gasteiger partial charge on any atom is 0.410 e. The average Bonchev–Trinajstić information content (AvgIpc) is 2.70. The first-order valence-corrected chi connectivity index (χ1v) is 11.2. The lowest BCUT2D eigenvalue weighted by Crippen LogP contribution is -2.50. The first-order chi connectivity index (χ1) is 14.7. The van der Waals surface area contributed by atoms with Gasteiger partial charge in [0.15, 0.2) is 0 Å². The Morgan fingerprint density at radius 1 is 0.906 bits per heavy atom. The van der Waals surface area contributed by atoms with E-state index in [4.69, 9.17) is 9.47 Å². The lowest BCUT2D eigenvalue weighted by atomic mass is 9.80. The van der Waals surface area contributed by atoms with Gasteiger partial charge in [-0.3, -0.25) is 4.79 Å². The van der Waals surface area contributed by atoms with Crippen molar-refractivity contribution >= 4 is 17.7 Å². The summed E-state index contributed by atoms with van der Waals surface area (Å²) in [5, 5.41) is 9.80. The molecule has 1 unspecified atom stereocenters. The minimum atomic E-state index is -0.773. The molecule has 1 aromatic rings. The smallest absolute Gasteiger partial charge is 0.410 e. The topological polar surface area (TPSA) is 82.9 Å². The van der Waals surface area contributed by atoms with Gasteiger partial charge in [-0.1, -0.05) is 12.1 Å². The molecule has 0 saturated carbocycles. The fraction of sp³-hybridized carbons (Fsp3) is 0.640. The molecule has 1 saturated heterocycles. The van der Waals surface area contributed by atoms with Crippen LogP contribution in [0.25, 0.3) is 0 Å². The highest BCUT2D eigenvalue weighted by Crippen LogP contribution is 2.31. The molecule has 1 atom stereocenters. The highest BCUT2D eigenvalue weighted by molar-refractivity contribution is 5.70. The van der Waals surface area contributed by atoms with Crippen LogP contribution in [0.1, 0.15) is 66.9 Å². The monoisotopic (exact) mass is 443 g/mol. The number of benzene rings is 1.